The van der Waals surface area contributed by atoms with Crippen molar-refractivity contribution in [3.05, 3.63) is 29.3 Å². The van der Waals surface area contributed by atoms with E-state index in [0.717, 1.165) is 24.3 Å². The molecule has 1 aliphatic carbocycles. The van der Waals surface area contributed by atoms with E-state index in [0.29, 0.717) is 12.5 Å². The van der Waals surface area contributed by atoms with Gasteiger partial charge < -0.3 is 14.4 Å². The molecule has 0 fully saturated rings. The van der Waals surface area contributed by atoms with Gasteiger partial charge in [-0.15, -0.1) is 12.4 Å². The number of rotatable bonds is 6. The zero-order valence-electron chi connectivity index (χ0n) is 14.7. The zero-order chi connectivity index (χ0) is 16.3. The minimum atomic E-state index is -0.151. The lowest BCUT2D eigenvalue weighted by Crippen LogP contribution is -2.19. The highest BCUT2D eigenvalue weighted by atomic mass is 35.5. The van der Waals surface area contributed by atoms with E-state index in [4.69, 9.17) is 9.47 Å². The van der Waals surface area contributed by atoms with Crippen LogP contribution in [-0.2, 0) is 16.0 Å². The fourth-order valence-electron chi connectivity index (χ4n) is 2.66. The minimum Gasteiger partial charge on any atom is -0.492 e. The van der Waals surface area contributed by atoms with Gasteiger partial charge in [-0.3, -0.25) is 4.79 Å². The average Bonchev–Trinajstić information content (AvgIpc) is 2.74. The summed E-state index contributed by atoms with van der Waals surface area (Å²) in [5.74, 6) is 0.925. The molecule has 4 nitrogen and oxygen atoms in total. The normalized spacial score (nSPS) is 19.4. The fourth-order valence-corrected chi connectivity index (χ4v) is 2.66. The molecule has 0 saturated carbocycles. The molecule has 0 aromatic heterocycles. The van der Waals surface area contributed by atoms with Gasteiger partial charge in [0.25, 0.3) is 0 Å². The van der Waals surface area contributed by atoms with Crippen molar-refractivity contribution in [2.24, 2.45) is 11.8 Å². The lowest BCUT2D eigenvalue weighted by Gasteiger charge is -2.19. The Bertz CT molecular complexity index is 531. The molecule has 1 aromatic carbocycles. The molecule has 0 spiro atoms. The lowest BCUT2D eigenvalue weighted by molar-refractivity contribution is -0.155. The molecule has 0 heterocycles. The number of hydrogen-bond donors (Lipinski definition) is 0. The molecule has 1 aliphatic rings. The molecule has 2 rings (SSSR count). The van der Waals surface area contributed by atoms with Crippen molar-refractivity contribution < 1.29 is 14.3 Å². The lowest BCUT2D eigenvalue weighted by atomic mass is 10.1. The van der Waals surface area contributed by atoms with Crippen LogP contribution in [-0.4, -0.2) is 38.1 Å². The van der Waals surface area contributed by atoms with Gasteiger partial charge in [0.15, 0.2) is 0 Å². The number of likely N-dealkylation sites (N-methyl/N-ethyl adjacent to an activating group) is 1. The van der Waals surface area contributed by atoms with Crippen LogP contribution in [0.4, 0.5) is 0 Å². The molecule has 0 N–H and O–H groups in total. The second-order valence-corrected chi connectivity index (χ2v) is 6.71. The third-order valence-corrected chi connectivity index (χ3v) is 4.00. The number of carbonyl (C=O) groups is 1. The van der Waals surface area contributed by atoms with E-state index in [-0.39, 0.29) is 30.4 Å². The molecule has 2 atom stereocenters. The number of halogens is 1. The largest absolute Gasteiger partial charge is 0.492 e. The third kappa shape index (κ3) is 5.11. The summed E-state index contributed by atoms with van der Waals surface area (Å²) in [6.45, 7) is 7.38. The smallest absolute Gasteiger partial charge is 0.308 e. The Kier molecular flexibility index (Phi) is 7.36. The van der Waals surface area contributed by atoms with Crippen molar-refractivity contribution in [3.63, 3.8) is 0 Å². The van der Waals surface area contributed by atoms with Gasteiger partial charge in [0, 0.05) is 12.5 Å². The Balaban J connectivity index is 0.00000264. The molecule has 2 unspecified atom stereocenters. The maximum atomic E-state index is 11.9. The van der Waals surface area contributed by atoms with Gasteiger partial charge in [0.2, 0.25) is 0 Å². The van der Waals surface area contributed by atoms with Crippen LogP contribution in [0, 0.1) is 11.8 Å². The predicted molar refractivity (Wildman–Crippen MR) is 94.3 cm³/mol. The van der Waals surface area contributed by atoms with Crippen molar-refractivity contribution in [2.45, 2.75) is 33.3 Å². The van der Waals surface area contributed by atoms with Crippen molar-refractivity contribution in [2.75, 3.05) is 27.2 Å². The van der Waals surface area contributed by atoms with Crippen LogP contribution in [0.3, 0.4) is 0 Å². The molecule has 0 saturated heterocycles. The predicted octanol–water partition coefficient (Wildman–Crippen LogP) is 3.48. The SMILES string of the molecule is CC(C)C(=O)OC1c2cc(OCCN(C)C)ccc2CC1C.Cl. The van der Waals surface area contributed by atoms with Crippen molar-refractivity contribution in [1.29, 1.82) is 0 Å². The summed E-state index contributed by atoms with van der Waals surface area (Å²) in [4.78, 5) is 14.0. The molecule has 0 amide bonds. The van der Waals surface area contributed by atoms with Gasteiger partial charge in [-0.1, -0.05) is 26.8 Å². The summed E-state index contributed by atoms with van der Waals surface area (Å²) in [6, 6.07) is 6.14. The van der Waals surface area contributed by atoms with E-state index >= 15 is 0 Å². The minimum absolute atomic E-state index is 0. The molecular weight excluding hydrogens is 314 g/mol. The number of esters is 1. The van der Waals surface area contributed by atoms with Gasteiger partial charge in [0.1, 0.15) is 18.5 Å². The second-order valence-electron chi connectivity index (χ2n) is 6.71. The third-order valence-electron chi connectivity index (χ3n) is 4.00. The van der Waals surface area contributed by atoms with E-state index in [1.54, 1.807) is 0 Å². The van der Waals surface area contributed by atoms with Gasteiger partial charge >= 0.3 is 5.97 Å². The molecule has 5 heteroatoms. The fraction of sp³-hybridized carbons (Fsp3) is 0.611. The van der Waals surface area contributed by atoms with Crippen LogP contribution < -0.4 is 4.74 Å². The molecule has 0 radical (unpaired) electrons. The molecule has 0 aliphatic heterocycles. The Morgan fingerprint density at radius 2 is 2.04 bits per heavy atom. The number of benzene rings is 1. The first-order valence-corrected chi connectivity index (χ1v) is 7.99. The van der Waals surface area contributed by atoms with Gasteiger partial charge in [0.05, 0.1) is 5.92 Å². The summed E-state index contributed by atoms with van der Waals surface area (Å²) in [6.07, 6.45) is 0.797. The number of ether oxygens (including phenoxy) is 2. The highest BCUT2D eigenvalue weighted by Gasteiger charge is 2.33. The molecule has 0 bridgehead atoms. The summed E-state index contributed by atoms with van der Waals surface area (Å²) >= 11 is 0. The molecular formula is C18H28ClNO3. The molecule has 130 valence electrons. The van der Waals surface area contributed by atoms with Crippen molar-refractivity contribution in [1.82, 2.24) is 4.90 Å². The Morgan fingerprint density at radius 1 is 1.35 bits per heavy atom. The van der Waals surface area contributed by atoms with Crippen molar-refractivity contribution >= 4 is 18.4 Å². The van der Waals surface area contributed by atoms with Gasteiger partial charge in [-0.25, -0.2) is 0 Å². The zero-order valence-corrected chi connectivity index (χ0v) is 15.5. The van der Waals surface area contributed by atoms with Gasteiger partial charge in [-0.2, -0.15) is 0 Å². The van der Waals surface area contributed by atoms with E-state index in [1.807, 2.05) is 40.1 Å². The molecule has 23 heavy (non-hydrogen) atoms. The quantitative estimate of drug-likeness (QED) is 0.742. The first-order chi connectivity index (χ1) is 10.4. The van der Waals surface area contributed by atoms with Crippen LogP contribution in [0.1, 0.15) is 38.0 Å². The summed E-state index contributed by atoms with van der Waals surface area (Å²) in [5, 5.41) is 0. The maximum absolute atomic E-state index is 11.9. The summed E-state index contributed by atoms with van der Waals surface area (Å²) in [5.41, 5.74) is 2.36. The topological polar surface area (TPSA) is 38.8 Å². The van der Waals surface area contributed by atoms with Crippen LogP contribution in [0.25, 0.3) is 0 Å². The van der Waals surface area contributed by atoms with Crippen LogP contribution in [0.5, 0.6) is 5.75 Å². The highest BCUT2D eigenvalue weighted by molar-refractivity contribution is 5.85. The van der Waals surface area contributed by atoms with Crippen molar-refractivity contribution in [3.8, 4) is 5.75 Å². The standard InChI is InChI=1S/C18H27NO3.ClH/c1-12(2)18(20)22-17-13(3)10-14-6-7-15(11-16(14)17)21-9-8-19(4)5;/h6-7,11-13,17H,8-10H2,1-5H3;1H. The van der Waals surface area contributed by atoms with Crippen LogP contribution >= 0.6 is 12.4 Å². The Morgan fingerprint density at radius 3 is 2.65 bits per heavy atom. The van der Waals surface area contributed by atoms with E-state index in [9.17, 15) is 4.79 Å². The molecule has 1 aromatic rings. The average molecular weight is 342 g/mol. The van der Waals surface area contributed by atoms with E-state index in [1.165, 1.54) is 5.56 Å². The van der Waals surface area contributed by atoms with E-state index in [2.05, 4.69) is 17.9 Å². The number of carbonyl (C=O) groups excluding carboxylic acids is 1. The maximum Gasteiger partial charge on any atom is 0.308 e. The van der Waals surface area contributed by atoms with E-state index < -0.39 is 0 Å². The monoisotopic (exact) mass is 341 g/mol. The Labute approximate surface area is 145 Å². The number of fused-ring (bicyclic) bond motifs is 1. The first kappa shape index (κ1) is 19.8. The number of hydrogen-bond acceptors (Lipinski definition) is 4. The first-order valence-electron chi connectivity index (χ1n) is 7.99. The highest BCUT2D eigenvalue weighted by Crippen LogP contribution is 2.40. The van der Waals surface area contributed by atoms with Gasteiger partial charge in [-0.05, 0) is 43.8 Å². The second kappa shape index (κ2) is 8.55. The van der Waals surface area contributed by atoms with Crippen LogP contribution in [0.15, 0.2) is 18.2 Å². The van der Waals surface area contributed by atoms with Crippen LogP contribution in [0.2, 0.25) is 0 Å². The summed E-state index contributed by atoms with van der Waals surface area (Å²) < 4.78 is 11.5. The summed E-state index contributed by atoms with van der Waals surface area (Å²) in [7, 11) is 4.05. The number of nitrogens with zero attached hydrogens (tertiary/aromatic N) is 1. The Hall–Kier alpha value is -1.26.